The highest BCUT2D eigenvalue weighted by Crippen LogP contribution is 2.25. The predicted octanol–water partition coefficient (Wildman–Crippen LogP) is 6.94. The minimum atomic E-state index is -0.321. The zero-order valence-corrected chi connectivity index (χ0v) is 23.7. The first-order valence-electron chi connectivity index (χ1n) is 14.3. The van der Waals surface area contributed by atoms with Crippen molar-refractivity contribution in [3.63, 3.8) is 0 Å². The van der Waals surface area contributed by atoms with E-state index in [1.54, 1.807) is 30.3 Å². The summed E-state index contributed by atoms with van der Waals surface area (Å²) in [5.74, 6) is 0.634. The van der Waals surface area contributed by atoms with Crippen molar-refractivity contribution in [1.82, 2.24) is 4.90 Å². The molecule has 0 atom stereocenters. The zero-order chi connectivity index (χ0) is 28.7. The second-order valence-corrected chi connectivity index (χ2v) is 10.2. The molecule has 0 spiro atoms. The standard InChI is InChI=1S/C22H29FN2O2.C10H12O.C2H2/c1-2-25(19-7-6-8-20(26)16-19)17-18-9-10-22(21(23)15-18)27-14-13-24-11-4-3-5-12-24;11-10-6-5-8-3-1-2-4-9(8)7-10;1-2/h6-10,15-16,26H,2-5,11-14,17H2,1H3;5-7,11H,1-4H2;1-2H. The Hall–Kier alpha value is -3.69. The van der Waals surface area contributed by atoms with Crippen LogP contribution in [0.25, 0.3) is 0 Å². The Morgan fingerprint density at radius 3 is 2.27 bits per heavy atom. The molecular formula is C34H43FN2O3. The van der Waals surface area contributed by atoms with E-state index >= 15 is 0 Å². The van der Waals surface area contributed by atoms with Gasteiger partial charge in [0, 0.05) is 31.4 Å². The Kier molecular flexibility index (Phi) is 12.7. The number of ether oxygens (including phenoxy) is 1. The summed E-state index contributed by atoms with van der Waals surface area (Å²) in [4.78, 5) is 4.47. The lowest BCUT2D eigenvalue weighted by Crippen LogP contribution is -2.33. The Bertz CT molecular complexity index is 1210. The molecule has 6 heteroatoms. The Morgan fingerprint density at radius 2 is 1.57 bits per heavy atom. The van der Waals surface area contributed by atoms with Crippen LogP contribution in [0.2, 0.25) is 0 Å². The molecule has 0 amide bonds. The third kappa shape index (κ3) is 9.50. The molecule has 0 radical (unpaired) electrons. The summed E-state index contributed by atoms with van der Waals surface area (Å²) in [5.41, 5.74) is 4.56. The highest BCUT2D eigenvalue weighted by Gasteiger charge is 2.12. The molecule has 0 unspecified atom stereocenters. The number of fused-ring (bicyclic) bond motifs is 1. The van der Waals surface area contributed by atoms with Crippen LogP contribution in [-0.4, -0.2) is 47.9 Å². The van der Waals surface area contributed by atoms with Gasteiger partial charge in [-0.15, -0.1) is 12.8 Å². The molecule has 1 fully saturated rings. The topological polar surface area (TPSA) is 56.2 Å². The number of terminal acetylenes is 1. The first-order valence-corrected chi connectivity index (χ1v) is 14.3. The van der Waals surface area contributed by atoms with Gasteiger partial charge in [0.05, 0.1) is 0 Å². The number of likely N-dealkylation sites (tertiary alicyclic amines) is 1. The molecule has 214 valence electrons. The number of piperidine rings is 1. The molecule has 5 rings (SSSR count). The first kappa shape index (κ1) is 30.8. The van der Waals surface area contributed by atoms with Crippen molar-refractivity contribution in [1.29, 1.82) is 0 Å². The van der Waals surface area contributed by atoms with Crippen LogP contribution in [0, 0.1) is 18.7 Å². The van der Waals surface area contributed by atoms with Crippen LogP contribution in [0.5, 0.6) is 17.2 Å². The molecule has 0 saturated carbocycles. The van der Waals surface area contributed by atoms with Gasteiger partial charge in [-0.2, -0.15) is 0 Å². The second-order valence-electron chi connectivity index (χ2n) is 10.2. The average Bonchev–Trinajstić information content (AvgIpc) is 2.99. The van der Waals surface area contributed by atoms with Gasteiger partial charge in [0.25, 0.3) is 0 Å². The molecule has 2 aliphatic rings. The van der Waals surface area contributed by atoms with Crippen LogP contribution >= 0.6 is 0 Å². The highest BCUT2D eigenvalue weighted by atomic mass is 19.1. The van der Waals surface area contributed by atoms with E-state index in [4.69, 9.17) is 4.74 Å². The van der Waals surface area contributed by atoms with Crippen molar-refractivity contribution in [2.24, 2.45) is 0 Å². The molecule has 3 aromatic carbocycles. The van der Waals surface area contributed by atoms with E-state index in [0.29, 0.717) is 24.7 Å². The predicted molar refractivity (Wildman–Crippen MR) is 162 cm³/mol. The highest BCUT2D eigenvalue weighted by molar-refractivity contribution is 5.51. The lowest BCUT2D eigenvalue weighted by Gasteiger charge is -2.26. The number of hydrogen-bond acceptors (Lipinski definition) is 5. The molecule has 3 aromatic rings. The fraction of sp³-hybridized carbons (Fsp3) is 0.412. The minimum absolute atomic E-state index is 0.231. The van der Waals surface area contributed by atoms with Crippen LogP contribution in [-0.2, 0) is 19.4 Å². The van der Waals surface area contributed by atoms with E-state index < -0.39 is 0 Å². The molecule has 1 aliphatic heterocycles. The van der Waals surface area contributed by atoms with Gasteiger partial charge in [-0.05, 0) is 112 Å². The fourth-order valence-electron chi connectivity index (χ4n) is 5.24. The van der Waals surface area contributed by atoms with Gasteiger partial charge in [-0.25, -0.2) is 4.39 Å². The van der Waals surface area contributed by atoms with Crippen LogP contribution in [0.4, 0.5) is 10.1 Å². The Balaban J connectivity index is 0.000000280. The smallest absolute Gasteiger partial charge is 0.165 e. The van der Waals surface area contributed by atoms with Gasteiger partial charge in [0.1, 0.15) is 18.1 Å². The monoisotopic (exact) mass is 546 g/mol. The maximum atomic E-state index is 14.4. The normalized spacial score (nSPS) is 14.5. The van der Waals surface area contributed by atoms with Gasteiger partial charge >= 0.3 is 0 Å². The average molecular weight is 547 g/mol. The van der Waals surface area contributed by atoms with Gasteiger partial charge in [-0.1, -0.05) is 24.6 Å². The van der Waals surface area contributed by atoms with Crippen LogP contribution < -0.4 is 9.64 Å². The molecule has 0 bridgehead atoms. The van der Waals surface area contributed by atoms with E-state index in [9.17, 15) is 14.6 Å². The second kappa shape index (κ2) is 16.4. The number of phenols is 2. The summed E-state index contributed by atoms with van der Waals surface area (Å²) in [6.45, 7) is 6.98. The number of rotatable bonds is 8. The third-order valence-corrected chi connectivity index (χ3v) is 7.39. The summed E-state index contributed by atoms with van der Waals surface area (Å²) < 4.78 is 20.1. The summed E-state index contributed by atoms with van der Waals surface area (Å²) in [7, 11) is 0. The summed E-state index contributed by atoms with van der Waals surface area (Å²) in [6.07, 6.45) is 16.7. The van der Waals surface area contributed by atoms with Gasteiger partial charge in [0.15, 0.2) is 11.6 Å². The number of hydrogen-bond donors (Lipinski definition) is 2. The van der Waals surface area contributed by atoms with Crippen molar-refractivity contribution in [2.45, 2.75) is 58.4 Å². The maximum absolute atomic E-state index is 14.4. The maximum Gasteiger partial charge on any atom is 0.165 e. The van der Waals surface area contributed by atoms with Crippen molar-refractivity contribution in [2.75, 3.05) is 37.7 Å². The van der Waals surface area contributed by atoms with Crippen molar-refractivity contribution < 1.29 is 19.3 Å². The lowest BCUT2D eigenvalue weighted by atomic mass is 9.92. The molecule has 40 heavy (non-hydrogen) atoms. The molecule has 5 nitrogen and oxygen atoms in total. The molecule has 2 N–H and O–H groups in total. The van der Waals surface area contributed by atoms with Crippen LogP contribution in [0.1, 0.15) is 55.7 Å². The van der Waals surface area contributed by atoms with E-state index in [1.807, 2.05) is 37.3 Å². The summed E-state index contributed by atoms with van der Waals surface area (Å²) >= 11 is 0. The van der Waals surface area contributed by atoms with Crippen LogP contribution in [0.15, 0.2) is 60.7 Å². The number of nitrogens with zero attached hydrogens (tertiary/aromatic N) is 2. The Labute approximate surface area is 239 Å². The number of phenolic OH excluding ortho intramolecular Hbond substituents is 2. The quantitative estimate of drug-likeness (QED) is 0.300. The van der Waals surface area contributed by atoms with Crippen molar-refractivity contribution in [3.8, 4) is 30.1 Å². The molecule has 1 saturated heterocycles. The lowest BCUT2D eigenvalue weighted by molar-refractivity contribution is 0.180. The summed E-state index contributed by atoms with van der Waals surface area (Å²) in [6, 6.07) is 18.0. The summed E-state index contributed by atoms with van der Waals surface area (Å²) in [5, 5.41) is 18.9. The van der Waals surface area contributed by atoms with Gasteiger partial charge in [0.2, 0.25) is 0 Å². The van der Waals surface area contributed by atoms with Crippen molar-refractivity contribution >= 4 is 5.69 Å². The largest absolute Gasteiger partial charge is 0.508 e. The fourth-order valence-corrected chi connectivity index (χ4v) is 5.24. The van der Waals surface area contributed by atoms with Crippen molar-refractivity contribution in [3.05, 3.63) is 83.2 Å². The number of halogens is 1. The molecule has 1 aliphatic carbocycles. The molecular weight excluding hydrogens is 503 g/mol. The third-order valence-electron chi connectivity index (χ3n) is 7.39. The van der Waals surface area contributed by atoms with E-state index in [0.717, 1.165) is 43.9 Å². The van der Waals surface area contributed by atoms with Crippen LogP contribution in [0.3, 0.4) is 0 Å². The number of benzene rings is 3. The van der Waals surface area contributed by atoms with E-state index in [1.165, 1.54) is 49.7 Å². The zero-order valence-electron chi connectivity index (χ0n) is 23.7. The number of anilines is 1. The van der Waals surface area contributed by atoms with E-state index in [-0.39, 0.29) is 11.6 Å². The molecule has 1 heterocycles. The van der Waals surface area contributed by atoms with Gasteiger partial charge in [-0.3, -0.25) is 4.90 Å². The first-order chi connectivity index (χ1) is 19.5. The minimum Gasteiger partial charge on any atom is -0.508 e. The van der Waals surface area contributed by atoms with E-state index in [2.05, 4.69) is 22.6 Å². The molecule has 0 aromatic heterocycles. The Morgan fingerprint density at radius 1 is 0.850 bits per heavy atom. The number of aryl methyl sites for hydroxylation is 2. The van der Waals surface area contributed by atoms with Gasteiger partial charge < -0.3 is 19.8 Å². The SMILES string of the molecule is C#C.CCN(Cc1ccc(OCCN2CCCCC2)c(F)c1)c1cccc(O)c1.Oc1ccc2c(c1)CCCC2. The number of aromatic hydroxyl groups is 2.